The first-order valence-electron chi connectivity index (χ1n) is 10.2. The van der Waals surface area contributed by atoms with E-state index in [9.17, 15) is 26.4 Å². The molecule has 1 aliphatic carbocycles. The van der Waals surface area contributed by atoms with Crippen LogP contribution in [0.5, 0.6) is 0 Å². The molecule has 0 bridgehead atoms. The minimum atomic E-state index is -4.58. The summed E-state index contributed by atoms with van der Waals surface area (Å²) in [4.78, 5) is 11.8. The third-order valence-corrected chi connectivity index (χ3v) is 7.01. The van der Waals surface area contributed by atoms with Crippen molar-refractivity contribution in [1.82, 2.24) is 10.6 Å². The topological polar surface area (TPSA) is 75.3 Å². The van der Waals surface area contributed by atoms with Gasteiger partial charge in [-0.15, -0.1) is 0 Å². The zero-order valence-corrected chi connectivity index (χ0v) is 18.5. The lowest BCUT2D eigenvalue weighted by Gasteiger charge is -2.29. The molecule has 0 aliphatic heterocycles. The maximum atomic E-state index is 12.9. The van der Waals surface area contributed by atoms with Crippen LogP contribution in [0.2, 0.25) is 0 Å². The third kappa shape index (κ3) is 7.91. The van der Waals surface area contributed by atoms with Crippen molar-refractivity contribution < 1.29 is 26.4 Å². The highest BCUT2D eigenvalue weighted by Crippen LogP contribution is 2.32. The van der Waals surface area contributed by atoms with Gasteiger partial charge in [0.25, 0.3) is 0 Å². The van der Waals surface area contributed by atoms with Gasteiger partial charge in [-0.2, -0.15) is 13.2 Å². The maximum absolute atomic E-state index is 12.9. The number of nitrogens with one attached hydrogen (secondary N) is 2. The van der Waals surface area contributed by atoms with E-state index < -0.39 is 21.6 Å². The Bertz CT molecular complexity index is 825. The molecule has 1 saturated carbocycles. The second-order valence-corrected chi connectivity index (χ2v) is 11.3. The van der Waals surface area contributed by atoms with Gasteiger partial charge in [-0.3, -0.25) is 4.79 Å². The summed E-state index contributed by atoms with van der Waals surface area (Å²) in [6.45, 7) is 7.19. The largest absolute Gasteiger partial charge is 0.416 e. The summed E-state index contributed by atoms with van der Waals surface area (Å²) in [6.07, 6.45) is -2.04. The number of benzene rings is 1. The van der Waals surface area contributed by atoms with Crippen molar-refractivity contribution in [1.29, 1.82) is 0 Å². The number of sulfone groups is 1. The number of alkyl halides is 3. The van der Waals surface area contributed by atoms with Crippen LogP contribution in [0.4, 0.5) is 13.2 Å². The van der Waals surface area contributed by atoms with E-state index >= 15 is 0 Å². The van der Waals surface area contributed by atoms with Crippen molar-refractivity contribution in [3.05, 3.63) is 29.8 Å². The van der Waals surface area contributed by atoms with Crippen LogP contribution in [0.3, 0.4) is 0 Å². The van der Waals surface area contributed by atoms with Gasteiger partial charge in [-0.25, -0.2) is 8.42 Å². The number of carbonyl (C=O) groups excluding carboxylic acids is 1. The van der Waals surface area contributed by atoms with Crippen LogP contribution in [-0.2, 0) is 20.8 Å². The van der Waals surface area contributed by atoms with Crippen molar-refractivity contribution in [2.24, 2.45) is 11.3 Å². The van der Waals surface area contributed by atoms with Gasteiger partial charge in [0.2, 0.25) is 5.91 Å². The lowest BCUT2D eigenvalue weighted by molar-refractivity contribution is -0.137. The SMILES string of the molecule is CC(C)(C)CNCC(=O)NC1CCC(CS(=O)(=O)c2cccc(C(F)(F)F)c2)CC1. The van der Waals surface area contributed by atoms with Gasteiger partial charge < -0.3 is 10.6 Å². The van der Waals surface area contributed by atoms with Crippen LogP contribution < -0.4 is 10.6 Å². The molecular weight excluding hydrogens is 417 g/mol. The van der Waals surface area contributed by atoms with E-state index in [4.69, 9.17) is 0 Å². The van der Waals surface area contributed by atoms with Crippen molar-refractivity contribution in [2.75, 3.05) is 18.8 Å². The van der Waals surface area contributed by atoms with E-state index in [0.717, 1.165) is 18.7 Å². The Morgan fingerprint density at radius 1 is 1.10 bits per heavy atom. The average Bonchev–Trinajstić information content (AvgIpc) is 2.61. The smallest absolute Gasteiger partial charge is 0.352 e. The molecule has 30 heavy (non-hydrogen) atoms. The molecule has 1 amide bonds. The molecule has 170 valence electrons. The average molecular weight is 449 g/mol. The highest BCUT2D eigenvalue weighted by molar-refractivity contribution is 7.91. The molecule has 2 N–H and O–H groups in total. The molecule has 5 nitrogen and oxygen atoms in total. The Morgan fingerprint density at radius 2 is 1.73 bits per heavy atom. The van der Waals surface area contributed by atoms with Gasteiger partial charge in [-0.1, -0.05) is 26.8 Å². The first-order chi connectivity index (χ1) is 13.8. The fourth-order valence-electron chi connectivity index (χ4n) is 3.58. The van der Waals surface area contributed by atoms with Gasteiger partial charge in [0.05, 0.1) is 22.8 Å². The highest BCUT2D eigenvalue weighted by atomic mass is 32.2. The first-order valence-corrected chi connectivity index (χ1v) is 11.8. The third-order valence-electron chi connectivity index (χ3n) is 5.13. The first kappa shape index (κ1) is 24.7. The number of hydrogen-bond acceptors (Lipinski definition) is 4. The number of halogens is 3. The van der Waals surface area contributed by atoms with Crippen LogP contribution >= 0.6 is 0 Å². The Hall–Kier alpha value is -1.61. The zero-order valence-electron chi connectivity index (χ0n) is 17.7. The van der Waals surface area contributed by atoms with Gasteiger partial charge >= 0.3 is 6.18 Å². The van der Waals surface area contributed by atoms with Crippen molar-refractivity contribution >= 4 is 15.7 Å². The molecule has 0 spiro atoms. The maximum Gasteiger partial charge on any atom is 0.416 e. The molecule has 2 rings (SSSR count). The summed E-state index contributed by atoms with van der Waals surface area (Å²) in [5.41, 5.74) is -0.876. The Labute approximate surface area is 176 Å². The molecule has 0 heterocycles. The Morgan fingerprint density at radius 3 is 2.30 bits per heavy atom. The quantitative estimate of drug-likeness (QED) is 0.666. The van der Waals surface area contributed by atoms with Gasteiger partial charge in [-0.05, 0) is 55.2 Å². The van der Waals surface area contributed by atoms with Gasteiger partial charge in [0.15, 0.2) is 9.84 Å². The molecule has 0 saturated heterocycles. The molecule has 0 unspecified atom stereocenters. The normalized spacial score (nSPS) is 20.7. The Kier molecular flexibility index (Phi) is 7.96. The van der Waals surface area contributed by atoms with E-state index in [2.05, 4.69) is 31.4 Å². The minimum absolute atomic E-state index is 0.00134. The molecule has 0 atom stereocenters. The Balaban J connectivity index is 1.83. The lowest BCUT2D eigenvalue weighted by Crippen LogP contribution is -2.43. The molecular formula is C21H31F3N2O3S. The van der Waals surface area contributed by atoms with E-state index in [1.54, 1.807) is 0 Å². The predicted octanol–water partition coefficient (Wildman–Crippen LogP) is 3.79. The number of rotatable bonds is 7. The molecule has 1 aromatic rings. The molecule has 1 aliphatic rings. The van der Waals surface area contributed by atoms with Crippen molar-refractivity contribution in [2.45, 2.75) is 63.6 Å². The number of carbonyl (C=O) groups is 1. The van der Waals surface area contributed by atoms with Crippen LogP contribution in [-0.4, -0.2) is 39.2 Å². The van der Waals surface area contributed by atoms with E-state index in [0.29, 0.717) is 31.7 Å². The lowest BCUT2D eigenvalue weighted by atomic mass is 9.87. The summed E-state index contributed by atoms with van der Waals surface area (Å²) < 4.78 is 63.8. The summed E-state index contributed by atoms with van der Waals surface area (Å²) in [5.74, 6) is -0.390. The number of amides is 1. The minimum Gasteiger partial charge on any atom is -0.352 e. The van der Waals surface area contributed by atoms with E-state index in [1.807, 2.05) is 0 Å². The number of hydrogen-bond donors (Lipinski definition) is 2. The van der Waals surface area contributed by atoms with Crippen LogP contribution in [0.25, 0.3) is 0 Å². The summed E-state index contributed by atoms with van der Waals surface area (Å²) in [7, 11) is -3.81. The van der Waals surface area contributed by atoms with Crippen LogP contribution in [0, 0.1) is 11.3 Å². The standard InChI is InChI=1S/C21H31F3N2O3S/c1-20(2,3)14-25-12-19(27)26-17-9-7-15(8-10-17)13-30(28,29)18-6-4-5-16(11-18)21(22,23)24/h4-6,11,15,17,25H,7-10,12-14H2,1-3H3,(H,26,27). The van der Waals surface area contributed by atoms with Gasteiger partial charge in [0.1, 0.15) is 0 Å². The molecule has 0 aromatic heterocycles. The molecule has 1 fully saturated rings. The van der Waals surface area contributed by atoms with Crippen LogP contribution in [0.1, 0.15) is 52.0 Å². The molecule has 1 aromatic carbocycles. The van der Waals surface area contributed by atoms with Crippen molar-refractivity contribution in [3.63, 3.8) is 0 Å². The fourth-order valence-corrected chi connectivity index (χ4v) is 5.31. The second-order valence-electron chi connectivity index (χ2n) is 9.26. The summed E-state index contributed by atoms with van der Waals surface area (Å²) >= 11 is 0. The fraction of sp³-hybridized carbons (Fsp3) is 0.667. The zero-order chi connectivity index (χ0) is 22.6. The summed E-state index contributed by atoms with van der Waals surface area (Å²) in [6, 6.07) is 3.90. The van der Waals surface area contributed by atoms with Crippen molar-refractivity contribution in [3.8, 4) is 0 Å². The van der Waals surface area contributed by atoms with Crippen LogP contribution in [0.15, 0.2) is 29.2 Å². The molecule has 9 heteroatoms. The highest BCUT2D eigenvalue weighted by Gasteiger charge is 2.33. The van der Waals surface area contributed by atoms with Gasteiger partial charge in [0, 0.05) is 12.6 Å². The predicted molar refractivity (Wildman–Crippen MR) is 110 cm³/mol. The second kappa shape index (κ2) is 9.68. The monoisotopic (exact) mass is 448 g/mol. The summed E-state index contributed by atoms with van der Waals surface area (Å²) in [5, 5.41) is 6.08. The van der Waals surface area contributed by atoms with E-state index in [-0.39, 0.29) is 40.5 Å². The van der Waals surface area contributed by atoms with E-state index in [1.165, 1.54) is 6.07 Å². The molecule has 0 radical (unpaired) electrons.